The van der Waals surface area contributed by atoms with Crippen molar-refractivity contribution < 1.29 is 9.59 Å². The highest BCUT2D eigenvalue weighted by Gasteiger charge is 2.27. The fourth-order valence-electron chi connectivity index (χ4n) is 4.52. The van der Waals surface area contributed by atoms with E-state index in [0.717, 1.165) is 35.9 Å². The molecule has 1 atom stereocenters. The van der Waals surface area contributed by atoms with E-state index in [1.807, 2.05) is 24.3 Å². The Bertz CT molecular complexity index is 978. The summed E-state index contributed by atoms with van der Waals surface area (Å²) < 4.78 is 0. The van der Waals surface area contributed by atoms with E-state index in [1.54, 1.807) is 0 Å². The lowest BCUT2D eigenvalue weighted by Gasteiger charge is -2.34. The summed E-state index contributed by atoms with van der Waals surface area (Å²) in [5.41, 5.74) is 7.14. The number of benzene rings is 2. The van der Waals surface area contributed by atoms with Gasteiger partial charge in [-0.3, -0.25) is 9.59 Å². The van der Waals surface area contributed by atoms with Crippen molar-refractivity contribution in [3.8, 4) is 0 Å². The summed E-state index contributed by atoms with van der Waals surface area (Å²) in [6, 6.07) is 12.5. The Hall–Kier alpha value is -3.02. The molecule has 3 N–H and O–H groups in total. The Morgan fingerprint density at radius 3 is 2.44 bits per heavy atom. The lowest BCUT2D eigenvalue weighted by molar-refractivity contribution is -0.126. The maximum Gasteiger partial charge on any atom is 0.225 e. The largest absolute Gasteiger partial charge is 0.371 e. The predicted octanol–water partition coefficient (Wildman–Crippen LogP) is 4.04. The van der Waals surface area contributed by atoms with E-state index < -0.39 is 0 Å². The van der Waals surface area contributed by atoms with Gasteiger partial charge >= 0.3 is 0 Å². The first-order valence-electron chi connectivity index (χ1n) is 11.7. The Kier molecular flexibility index (Phi) is 6.68. The van der Waals surface area contributed by atoms with Gasteiger partial charge in [0.05, 0.1) is 5.92 Å². The molecule has 6 heteroatoms. The van der Waals surface area contributed by atoms with Crippen molar-refractivity contribution >= 4 is 28.9 Å². The van der Waals surface area contributed by atoms with Crippen LogP contribution in [0.3, 0.4) is 0 Å². The highest BCUT2D eigenvalue weighted by Crippen LogP contribution is 2.32. The third-order valence-corrected chi connectivity index (χ3v) is 6.93. The molecule has 2 heterocycles. The second-order valence-electron chi connectivity index (χ2n) is 9.30. The maximum atomic E-state index is 12.2. The van der Waals surface area contributed by atoms with Crippen molar-refractivity contribution in [2.24, 2.45) is 11.8 Å². The maximum absolute atomic E-state index is 12.2. The molecule has 2 aliphatic rings. The number of hydrogen-bond donors (Lipinski definition) is 3. The van der Waals surface area contributed by atoms with Gasteiger partial charge in [-0.15, -0.1) is 0 Å². The molecule has 2 aromatic carbocycles. The van der Waals surface area contributed by atoms with Crippen LogP contribution in [-0.2, 0) is 16.1 Å². The van der Waals surface area contributed by atoms with E-state index in [0.29, 0.717) is 13.1 Å². The first-order chi connectivity index (χ1) is 15.4. The average molecular weight is 435 g/mol. The van der Waals surface area contributed by atoms with Crippen molar-refractivity contribution in [1.82, 2.24) is 10.6 Å². The summed E-state index contributed by atoms with van der Waals surface area (Å²) in [4.78, 5) is 26.0. The molecule has 2 saturated heterocycles. The van der Waals surface area contributed by atoms with Crippen LogP contribution in [0.2, 0.25) is 0 Å². The molecule has 2 fully saturated rings. The first kappa shape index (κ1) is 22.2. The molecule has 1 unspecified atom stereocenters. The zero-order chi connectivity index (χ0) is 22.7. The summed E-state index contributed by atoms with van der Waals surface area (Å²) in [5, 5.41) is 9.17. The molecule has 0 spiro atoms. The predicted molar refractivity (Wildman–Crippen MR) is 129 cm³/mol. The molecule has 0 aliphatic carbocycles. The molecule has 6 nitrogen and oxygen atoms in total. The Morgan fingerprint density at radius 2 is 1.78 bits per heavy atom. The number of piperidine rings is 1. The third kappa shape index (κ3) is 5.06. The monoisotopic (exact) mass is 434 g/mol. The lowest BCUT2D eigenvalue weighted by Crippen LogP contribution is -2.33. The van der Waals surface area contributed by atoms with Crippen molar-refractivity contribution in [2.75, 3.05) is 29.9 Å². The Labute approximate surface area is 190 Å². The molecule has 0 aromatic heterocycles. The number of nitrogens with one attached hydrogen (secondary N) is 3. The van der Waals surface area contributed by atoms with Crippen molar-refractivity contribution in [2.45, 2.75) is 46.6 Å². The van der Waals surface area contributed by atoms with E-state index in [4.69, 9.17) is 0 Å². The topological polar surface area (TPSA) is 73.5 Å². The first-order valence-corrected chi connectivity index (χ1v) is 11.7. The van der Waals surface area contributed by atoms with Crippen LogP contribution in [0, 0.1) is 25.7 Å². The number of carbonyl (C=O) groups excluding carboxylic acids is 2. The number of rotatable bonds is 6. The number of carbonyl (C=O) groups is 2. The molecule has 2 amide bonds. The van der Waals surface area contributed by atoms with Crippen LogP contribution in [0.4, 0.5) is 17.1 Å². The standard InChI is InChI=1S/C26H34N4O2/c1-17-10-12-30(13-11-17)24-9-8-23(18(2)19(24)3)29-22-6-4-20(5-7-22)15-28-26(32)21-14-25(31)27-16-21/h4-9,17,21,29H,10-16H2,1-3H3,(H,27,31)(H,28,32). The molecule has 32 heavy (non-hydrogen) atoms. The summed E-state index contributed by atoms with van der Waals surface area (Å²) in [5.74, 6) is 0.448. The van der Waals surface area contributed by atoms with E-state index in [-0.39, 0.29) is 24.2 Å². The molecule has 170 valence electrons. The normalized spacial score (nSPS) is 19.0. The van der Waals surface area contributed by atoms with Crippen LogP contribution in [0.25, 0.3) is 0 Å². The molecular weight excluding hydrogens is 400 g/mol. The van der Waals surface area contributed by atoms with Gasteiger partial charge in [-0.05, 0) is 73.6 Å². The molecule has 4 rings (SSSR count). The highest BCUT2D eigenvalue weighted by atomic mass is 16.2. The van der Waals surface area contributed by atoms with E-state index >= 15 is 0 Å². The highest BCUT2D eigenvalue weighted by molar-refractivity contribution is 5.89. The number of hydrogen-bond acceptors (Lipinski definition) is 4. The zero-order valence-electron chi connectivity index (χ0n) is 19.3. The van der Waals surface area contributed by atoms with Gasteiger partial charge in [-0.2, -0.15) is 0 Å². The fraction of sp³-hybridized carbons (Fsp3) is 0.462. The van der Waals surface area contributed by atoms with Gasteiger partial charge in [-0.25, -0.2) is 0 Å². The van der Waals surface area contributed by atoms with Crippen LogP contribution < -0.4 is 20.9 Å². The Morgan fingerprint density at radius 1 is 1.06 bits per heavy atom. The average Bonchev–Trinajstić information content (AvgIpc) is 3.23. The summed E-state index contributed by atoms with van der Waals surface area (Å²) >= 11 is 0. The van der Waals surface area contributed by atoms with Gasteiger partial charge in [-0.1, -0.05) is 19.1 Å². The number of nitrogens with zero attached hydrogens (tertiary/aromatic N) is 1. The van der Waals surface area contributed by atoms with Gasteiger partial charge < -0.3 is 20.9 Å². The van der Waals surface area contributed by atoms with Crippen LogP contribution in [0.5, 0.6) is 0 Å². The van der Waals surface area contributed by atoms with Gasteiger partial charge in [0.1, 0.15) is 0 Å². The molecule has 2 aliphatic heterocycles. The zero-order valence-corrected chi connectivity index (χ0v) is 19.3. The summed E-state index contributed by atoms with van der Waals surface area (Å²) in [6.45, 7) is 9.91. The minimum absolute atomic E-state index is 0.0512. The van der Waals surface area contributed by atoms with Gasteiger partial charge in [0.15, 0.2) is 0 Å². The minimum Gasteiger partial charge on any atom is -0.371 e. The van der Waals surface area contributed by atoms with E-state index in [2.05, 4.69) is 53.8 Å². The van der Waals surface area contributed by atoms with E-state index in [9.17, 15) is 9.59 Å². The van der Waals surface area contributed by atoms with Crippen molar-refractivity contribution in [3.05, 3.63) is 53.1 Å². The molecule has 2 aromatic rings. The lowest BCUT2D eigenvalue weighted by atomic mass is 9.97. The van der Waals surface area contributed by atoms with Gasteiger partial charge in [0, 0.05) is 49.7 Å². The minimum atomic E-state index is -0.258. The van der Waals surface area contributed by atoms with Crippen LogP contribution in [0.15, 0.2) is 36.4 Å². The Balaban J connectivity index is 1.35. The molecule has 0 saturated carbocycles. The molecular formula is C26H34N4O2. The second kappa shape index (κ2) is 9.63. The number of amides is 2. The fourth-order valence-corrected chi connectivity index (χ4v) is 4.52. The van der Waals surface area contributed by atoms with Crippen molar-refractivity contribution in [3.63, 3.8) is 0 Å². The van der Waals surface area contributed by atoms with Crippen molar-refractivity contribution in [1.29, 1.82) is 0 Å². The van der Waals surface area contributed by atoms with Gasteiger partial charge in [0.2, 0.25) is 11.8 Å². The smallest absolute Gasteiger partial charge is 0.225 e. The molecule has 0 radical (unpaired) electrons. The van der Waals surface area contributed by atoms with Gasteiger partial charge in [0.25, 0.3) is 0 Å². The summed E-state index contributed by atoms with van der Waals surface area (Å²) in [6.07, 6.45) is 2.81. The number of anilines is 3. The van der Waals surface area contributed by atoms with Crippen LogP contribution >= 0.6 is 0 Å². The van der Waals surface area contributed by atoms with Crippen LogP contribution in [0.1, 0.15) is 42.9 Å². The van der Waals surface area contributed by atoms with E-state index in [1.165, 1.54) is 29.7 Å². The SMILES string of the molecule is Cc1c(Nc2ccc(CNC(=O)C3CNC(=O)C3)cc2)ccc(N2CCC(C)CC2)c1C. The third-order valence-electron chi connectivity index (χ3n) is 6.93. The molecule has 0 bridgehead atoms. The quantitative estimate of drug-likeness (QED) is 0.642. The summed E-state index contributed by atoms with van der Waals surface area (Å²) in [7, 11) is 0. The second-order valence-corrected chi connectivity index (χ2v) is 9.30. The van der Waals surface area contributed by atoms with Crippen LogP contribution in [-0.4, -0.2) is 31.4 Å².